The average Bonchev–Trinajstić information content (AvgIpc) is 2.98. The Morgan fingerprint density at radius 3 is 2.19 bits per heavy atom. The Morgan fingerprint density at radius 2 is 1.55 bits per heavy atom. The monoisotopic (exact) mass is 586 g/mol. The number of nitrogens with zero attached hydrogens (tertiary/aromatic N) is 3. The maximum atomic E-state index is 13.2. The summed E-state index contributed by atoms with van der Waals surface area (Å²) in [4.78, 5) is 22.0. The first-order valence-electron chi connectivity index (χ1n) is 12.6. The molecule has 5 aromatic rings. The molecule has 1 unspecified atom stereocenters. The van der Waals surface area contributed by atoms with Gasteiger partial charge < -0.3 is 24.7 Å². The van der Waals surface area contributed by atoms with Crippen molar-refractivity contribution >= 4 is 56.9 Å². The second kappa shape index (κ2) is 12.6. The van der Waals surface area contributed by atoms with Gasteiger partial charge in [-0.25, -0.2) is 14.4 Å². The fourth-order valence-electron chi connectivity index (χ4n) is 4.21. The van der Waals surface area contributed by atoms with Gasteiger partial charge in [0.25, 0.3) is 0 Å². The standard InChI is InChI=1S/C30H26FN5O5S/c1-40-24-16-22(17-25(18-24)41-2)33-29-30(35-27-9-4-3-8-26(27)34-29)36(42(38)39)23-7-5-6-21(15-23)32-28(37)14-19-10-12-20(31)13-11-19/h3-13,15-18H,14H2,1-2H3,(H,32,37)(H,33,34)(H,38,39)/p-1. The van der Waals surface area contributed by atoms with Crippen molar-refractivity contribution in [3.8, 4) is 11.5 Å². The summed E-state index contributed by atoms with van der Waals surface area (Å²) >= 11 is -2.84. The van der Waals surface area contributed by atoms with Crippen LogP contribution in [0.5, 0.6) is 11.5 Å². The molecule has 0 bridgehead atoms. The maximum Gasteiger partial charge on any atom is 0.228 e. The van der Waals surface area contributed by atoms with E-state index in [9.17, 15) is 17.9 Å². The first kappa shape index (κ1) is 28.5. The van der Waals surface area contributed by atoms with Gasteiger partial charge in [-0.2, -0.15) is 0 Å². The second-order valence-electron chi connectivity index (χ2n) is 9.02. The lowest BCUT2D eigenvalue weighted by atomic mass is 10.1. The van der Waals surface area contributed by atoms with E-state index in [1.54, 1.807) is 60.7 Å². The fraction of sp³-hybridized carbons (Fsp3) is 0.100. The van der Waals surface area contributed by atoms with Crippen LogP contribution in [0, 0.1) is 5.82 Å². The van der Waals surface area contributed by atoms with Gasteiger partial charge in [0.05, 0.1) is 48.6 Å². The molecule has 0 saturated carbocycles. The number of benzene rings is 4. The van der Waals surface area contributed by atoms with Crippen molar-refractivity contribution in [2.75, 3.05) is 29.2 Å². The van der Waals surface area contributed by atoms with Crippen molar-refractivity contribution < 1.29 is 27.4 Å². The van der Waals surface area contributed by atoms with Gasteiger partial charge >= 0.3 is 0 Å². The summed E-state index contributed by atoms with van der Waals surface area (Å²) in [6, 6.07) is 24.1. The highest BCUT2D eigenvalue weighted by Crippen LogP contribution is 2.36. The molecule has 214 valence electrons. The number of rotatable bonds is 10. The molecule has 10 nitrogen and oxygen atoms in total. The van der Waals surface area contributed by atoms with Gasteiger partial charge in [-0.3, -0.25) is 13.3 Å². The third-order valence-corrected chi connectivity index (χ3v) is 6.83. The topological polar surface area (TPSA) is 129 Å². The summed E-state index contributed by atoms with van der Waals surface area (Å²) in [7, 11) is 3.04. The number of carbonyl (C=O) groups is 1. The number of aromatic nitrogens is 2. The lowest BCUT2D eigenvalue weighted by Crippen LogP contribution is -2.23. The summed E-state index contributed by atoms with van der Waals surface area (Å²) in [6.07, 6.45) is 0.00985. The van der Waals surface area contributed by atoms with Gasteiger partial charge in [0.1, 0.15) is 17.3 Å². The van der Waals surface area contributed by atoms with Crippen LogP contribution in [0.1, 0.15) is 5.56 Å². The Labute approximate surface area is 243 Å². The largest absolute Gasteiger partial charge is 0.755 e. The van der Waals surface area contributed by atoms with E-state index in [-0.39, 0.29) is 29.7 Å². The summed E-state index contributed by atoms with van der Waals surface area (Å²) < 4.78 is 50.4. The number of hydrogen-bond acceptors (Lipinski definition) is 8. The number of amides is 1. The van der Waals surface area contributed by atoms with Crippen molar-refractivity contribution in [2.45, 2.75) is 6.42 Å². The van der Waals surface area contributed by atoms with E-state index in [0.29, 0.717) is 39.5 Å². The molecule has 1 atom stereocenters. The van der Waals surface area contributed by atoms with E-state index < -0.39 is 17.1 Å². The van der Waals surface area contributed by atoms with Crippen LogP contribution in [0.4, 0.5) is 33.1 Å². The van der Waals surface area contributed by atoms with E-state index in [1.807, 2.05) is 0 Å². The number of methoxy groups -OCH3 is 2. The van der Waals surface area contributed by atoms with E-state index in [1.165, 1.54) is 44.6 Å². The van der Waals surface area contributed by atoms with E-state index in [0.717, 1.165) is 4.31 Å². The predicted octanol–water partition coefficient (Wildman–Crippen LogP) is 5.64. The van der Waals surface area contributed by atoms with Gasteiger partial charge in [0, 0.05) is 29.6 Å². The van der Waals surface area contributed by atoms with Crippen LogP contribution < -0.4 is 24.4 Å². The number of nitrogens with one attached hydrogen (secondary N) is 2. The second-order valence-corrected chi connectivity index (χ2v) is 9.82. The molecule has 0 spiro atoms. The number of para-hydroxylation sites is 2. The fourth-order valence-corrected chi connectivity index (χ4v) is 4.77. The number of ether oxygens (including phenoxy) is 2. The maximum absolute atomic E-state index is 13.2. The average molecular weight is 587 g/mol. The van der Waals surface area contributed by atoms with Gasteiger partial charge in [0.15, 0.2) is 11.6 Å². The van der Waals surface area contributed by atoms with Gasteiger partial charge in [-0.1, -0.05) is 30.3 Å². The lowest BCUT2D eigenvalue weighted by Gasteiger charge is -2.27. The number of carbonyl (C=O) groups excluding carboxylic acids is 1. The SMILES string of the molecule is COc1cc(Nc2nc3ccccc3nc2N(c2cccc(NC(=O)Cc3ccc(F)cc3)c2)S(=O)[O-])cc(OC)c1. The third-order valence-electron chi connectivity index (χ3n) is 6.15. The number of fused-ring (bicyclic) bond motifs is 1. The molecule has 0 radical (unpaired) electrons. The quantitative estimate of drug-likeness (QED) is 0.201. The van der Waals surface area contributed by atoms with Crippen molar-refractivity contribution in [1.82, 2.24) is 9.97 Å². The van der Waals surface area contributed by atoms with Crippen LogP contribution >= 0.6 is 0 Å². The highest BCUT2D eigenvalue weighted by Gasteiger charge is 2.21. The highest BCUT2D eigenvalue weighted by atomic mass is 32.2. The highest BCUT2D eigenvalue weighted by molar-refractivity contribution is 7.81. The minimum atomic E-state index is -2.84. The molecule has 1 aromatic heterocycles. The van der Waals surface area contributed by atoms with Crippen molar-refractivity contribution in [3.63, 3.8) is 0 Å². The smallest absolute Gasteiger partial charge is 0.228 e. The first-order valence-corrected chi connectivity index (χ1v) is 13.7. The molecule has 0 aliphatic rings. The Kier molecular flexibility index (Phi) is 8.55. The Balaban J connectivity index is 1.52. The number of hydrogen-bond donors (Lipinski definition) is 2. The molecule has 4 aromatic carbocycles. The van der Waals surface area contributed by atoms with Crippen LogP contribution in [0.2, 0.25) is 0 Å². The zero-order valence-corrected chi connectivity index (χ0v) is 23.4. The Hall–Kier alpha value is -5.07. The Bertz CT molecular complexity index is 1750. The summed E-state index contributed by atoms with van der Waals surface area (Å²) in [6.45, 7) is 0. The van der Waals surface area contributed by atoms with E-state index in [4.69, 9.17) is 9.47 Å². The van der Waals surface area contributed by atoms with Crippen LogP contribution in [-0.4, -0.2) is 38.9 Å². The van der Waals surface area contributed by atoms with Crippen LogP contribution in [-0.2, 0) is 22.5 Å². The molecule has 0 aliphatic carbocycles. The van der Waals surface area contributed by atoms with Gasteiger partial charge in [-0.15, -0.1) is 0 Å². The molecule has 42 heavy (non-hydrogen) atoms. The minimum absolute atomic E-state index is 0.00129. The minimum Gasteiger partial charge on any atom is -0.755 e. The van der Waals surface area contributed by atoms with Crippen LogP contribution in [0.15, 0.2) is 91.0 Å². The van der Waals surface area contributed by atoms with Crippen molar-refractivity contribution in [3.05, 3.63) is 102 Å². The predicted molar refractivity (Wildman–Crippen MR) is 159 cm³/mol. The molecule has 1 heterocycles. The normalized spacial score (nSPS) is 11.5. The van der Waals surface area contributed by atoms with E-state index in [2.05, 4.69) is 20.6 Å². The van der Waals surface area contributed by atoms with E-state index >= 15 is 0 Å². The summed E-state index contributed by atoms with van der Waals surface area (Å²) in [5.41, 5.74) is 2.73. The molecule has 0 fully saturated rings. The molecule has 0 aliphatic heterocycles. The summed E-state index contributed by atoms with van der Waals surface area (Å²) in [5.74, 6) is 0.431. The van der Waals surface area contributed by atoms with Crippen LogP contribution in [0.3, 0.4) is 0 Å². The van der Waals surface area contributed by atoms with Crippen LogP contribution in [0.25, 0.3) is 11.0 Å². The molecular weight excluding hydrogens is 561 g/mol. The number of halogens is 1. The number of anilines is 5. The summed E-state index contributed by atoms with van der Waals surface area (Å²) in [5, 5.41) is 5.91. The zero-order valence-electron chi connectivity index (χ0n) is 22.5. The third kappa shape index (κ3) is 6.62. The molecule has 0 saturated heterocycles. The first-order chi connectivity index (χ1) is 20.3. The molecular formula is C30H25FN5O5S-. The van der Waals surface area contributed by atoms with Gasteiger partial charge in [0.2, 0.25) is 5.91 Å². The molecule has 5 rings (SSSR count). The zero-order chi connectivity index (χ0) is 29.6. The lowest BCUT2D eigenvalue weighted by molar-refractivity contribution is -0.115. The Morgan fingerprint density at radius 1 is 0.881 bits per heavy atom. The molecule has 1 amide bonds. The molecule has 12 heteroatoms. The molecule has 2 N–H and O–H groups in total. The van der Waals surface area contributed by atoms with Gasteiger partial charge in [-0.05, 0) is 48.0 Å². The van der Waals surface area contributed by atoms with Crippen molar-refractivity contribution in [1.29, 1.82) is 0 Å². The van der Waals surface area contributed by atoms with Crippen molar-refractivity contribution in [2.24, 2.45) is 0 Å².